The summed E-state index contributed by atoms with van der Waals surface area (Å²) in [6.45, 7) is -0.322. The number of rotatable bonds is 5. The highest BCUT2D eigenvalue weighted by Crippen LogP contribution is 2.36. The van der Waals surface area contributed by atoms with Crippen LogP contribution in [0.4, 0.5) is 4.39 Å². The Morgan fingerprint density at radius 3 is 2.86 bits per heavy atom. The van der Waals surface area contributed by atoms with E-state index in [4.69, 9.17) is 11.6 Å². The van der Waals surface area contributed by atoms with Gasteiger partial charge in [-0.05, 0) is 42.7 Å². The fourth-order valence-electron chi connectivity index (χ4n) is 2.45. The maximum atomic E-state index is 13.5. The summed E-state index contributed by atoms with van der Waals surface area (Å²) in [5.74, 6) is -0.862. The number of nitrogens with zero attached hydrogens (tertiary/aromatic N) is 1. The van der Waals surface area contributed by atoms with Crippen molar-refractivity contribution in [3.8, 4) is 0 Å². The van der Waals surface area contributed by atoms with Crippen LogP contribution in [0.5, 0.6) is 0 Å². The van der Waals surface area contributed by atoms with Crippen LogP contribution >= 0.6 is 11.6 Å². The van der Waals surface area contributed by atoms with Crippen molar-refractivity contribution in [2.75, 3.05) is 6.61 Å². The molecule has 6 heteroatoms. The zero-order chi connectivity index (χ0) is 15.7. The third-order valence-electron chi connectivity index (χ3n) is 3.79. The van der Waals surface area contributed by atoms with E-state index >= 15 is 0 Å². The van der Waals surface area contributed by atoms with Crippen LogP contribution in [0.15, 0.2) is 36.5 Å². The van der Waals surface area contributed by atoms with Gasteiger partial charge in [0.1, 0.15) is 11.5 Å². The predicted octanol–water partition coefficient (Wildman–Crippen LogP) is 3.08. The second-order valence-corrected chi connectivity index (χ2v) is 5.82. The van der Waals surface area contributed by atoms with Crippen LogP contribution in [-0.2, 0) is 0 Å². The highest BCUT2D eigenvalue weighted by atomic mass is 35.5. The first-order chi connectivity index (χ1) is 10.6. The largest absolute Gasteiger partial charge is 0.394 e. The fourth-order valence-corrected chi connectivity index (χ4v) is 2.57. The Kier molecular flexibility index (Phi) is 4.18. The number of halogens is 2. The van der Waals surface area contributed by atoms with Crippen LogP contribution in [0.1, 0.15) is 41.0 Å². The van der Waals surface area contributed by atoms with Crippen molar-refractivity contribution < 1.29 is 14.3 Å². The maximum Gasteiger partial charge on any atom is 0.268 e. The number of carbonyl (C=O) groups excluding carboxylic acids is 1. The molecule has 4 nitrogen and oxygen atoms in total. The summed E-state index contributed by atoms with van der Waals surface area (Å²) in [4.78, 5) is 12.4. The summed E-state index contributed by atoms with van der Waals surface area (Å²) in [6, 6.07) is 7.50. The maximum absolute atomic E-state index is 13.5. The van der Waals surface area contributed by atoms with Crippen LogP contribution in [0.25, 0.3) is 0 Å². The number of benzene rings is 1. The molecule has 1 aromatic heterocycles. The third-order valence-corrected chi connectivity index (χ3v) is 4.09. The minimum absolute atomic E-state index is 0.00868. The normalized spacial score (nSPS) is 15.6. The van der Waals surface area contributed by atoms with E-state index in [2.05, 4.69) is 5.32 Å². The highest BCUT2D eigenvalue weighted by molar-refractivity contribution is 6.30. The molecule has 1 saturated carbocycles. The molecule has 22 heavy (non-hydrogen) atoms. The Morgan fingerprint density at radius 2 is 2.23 bits per heavy atom. The van der Waals surface area contributed by atoms with Gasteiger partial charge in [0.2, 0.25) is 0 Å². The lowest BCUT2D eigenvalue weighted by atomic mass is 10.1. The fraction of sp³-hybridized carbons (Fsp3) is 0.312. The molecule has 1 heterocycles. The summed E-state index contributed by atoms with van der Waals surface area (Å²) in [5, 5.41) is 12.2. The number of aliphatic hydroxyl groups is 1. The third kappa shape index (κ3) is 3.00. The molecule has 0 spiro atoms. The first kappa shape index (κ1) is 15.1. The lowest BCUT2D eigenvalue weighted by molar-refractivity contribution is 0.0906. The number of amides is 1. The number of aliphatic hydroxyl groups excluding tert-OH is 1. The average Bonchev–Trinajstić information content (AvgIpc) is 3.24. The van der Waals surface area contributed by atoms with Crippen molar-refractivity contribution in [2.24, 2.45) is 0 Å². The summed E-state index contributed by atoms with van der Waals surface area (Å²) in [5.41, 5.74) is 1.03. The van der Waals surface area contributed by atoms with Crippen molar-refractivity contribution in [2.45, 2.75) is 24.9 Å². The monoisotopic (exact) mass is 322 g/mol. The van der Waals surface area contributed by atoms with Gasteiger partial charge in [-0.25, -0.2) is 4.39 Å². The molecule has 2 aromatic rings. The molecule has 1 aliphatic carbocycles. The second-order valence-electron chi connectivity index (χ2n) is 5.41. The summed E-state index contributed by atoms with van der Waals surface area (Å²) < 4.78 is 15.5. The van der Waals surface area contributed by atoms with Gasteiger partial charge in [-0.2, -0.15) is 0 Å². The van der Waals surface area contributed by atoms with E-state index in [1.54, 1.807) is 12.1 Å². The molecule has 116 valence electrons. The van der Waals surface area contributed by atoms with Crippen LogP contribution in [0.2, 0.25) is 5.02 Å². The molecule has 1 atom stereocenters. The molecular formula is C16H16ClFN2O2. The first-order valence-corrected chi connectivity index (χ1v) is 7.51. The van der Waals surface area contributed by atoms with E-state index < -0.39 is 11.9 Å². The van der Waals surface area contributed by atoms with Gasteiger partial charge < -0.3 is 15.0 Å². The van der Waals surface area contributed by atoms with Crippen LogP contribution in [-0.4, -0.2) is 22.2 Å². The van der Waals surface area contributed by atoms with Gasteiger partial charge in [-0.15, -0.1) is 0 Å². The van der Waals surface area contributed by atoms with Gasteiger partial charge in [-0.1, -0.05) is 17.7 Å². The zero-order valence-electron chi connectivity index (χ0n) is 11.8. The highest BCUT2D eigenvalue weighted by Gasteiger charge is 2.27. The molecule has 0 bridgehead atoms. The SMILES string of the molecule is O=C(NC(CO)c1ccc(Cl)c(F)c1)c1cccn1C1CC1. The minimum atomic E-state index is -0.679. The Hall–Kier alpha value is -1.85. The van der Waals surface area contributed by atoms with E-state index in [0.29, 0.717) is 17.3 Å². The summed E-state index contributed by atoms with van der Waals surface area (Å²) in [7, 11) is 0. The van der Waals surface area contributed by atoms with Gasteiger partial charge in [0.05, 0.1) is 17.7 Å². The Morgan fingerprint density at radius 1 is 1.45 bits per heavy atom. The molecule has 1 unspecified atom stereocenters. The van der Waals surface area contributed by atoms with Crippen molar-refractivity contribution in [1.29, 1.82) is 0 Å². The molecule has 1 aliphatic rings. The first-order valence-electron chi connectivity index (χ1n) is 7.13. The van der Waals surface area contributed by atoms with Gasteiger partial charge in [0.15, 0.2) is 0 Å². The molecule has 2 N–H and O–H groups in total. The van der Waals surface area contributed by atoms with Crippen LogP contribution in [0, 0.1) is 5.82 Å². The van der Waals surface area contributed by atoms with Crippen molar-refractivity contribution in [3.63, 3.8) is 0 Å². The van der Waals surface area contributed by atoms with E-state index in [1.807, 2.05) is 16.8 Å². The molecule has 0 saturated heterocycles. The number of hydrogen-bond acceptors (Lipinski definition) is 2. The smallest absolute Gasteiger partial charge is 0.268 e. The van der Waals surface area contributed by atoms with E-state index in [0.717, 1.165) is 12.8 Å². The van der Waals surface area contributed by atoms with Crippen LogP contribution < -0.4 is 5.32 Å². The molecular weight excluding hydrogens is 307 g/mol. The van der Waals surface area contributed by atoms with Crippen molar-refractivity contribution in [1.82, 2.24) is 9.88 Å². The van der Waals surface area contributed by atoms with E-state index in [1.165, 1.54) is 12.1 Å². The Balaban J connectivity index is 1.78. The molecule has 1 aromatic carbocycles. The number of carbonyl (C=O) groups is 1. The van der Waals surface area contributed by atoms with Gasteiger partial charge in [-0.3, -0.25) is 4.79 Å². The number of hydrogen-bond donors (Lipinski definition) is 2. The molecule has 3 rings (SSSR count). The van der Waals surface area contributed by atoms with E-state index in [9.17, 15) is 14.3 Å². The summed E-state index contributed by atoms with van der Waals surface area (Å²) >= 11 is 5.65. The van der Waals surface area contributed by atoms with Gasteiger partial charge in [0, 0.05) is 12.2 Å². The number of nitrogens with one attached hydrogen (secondary N) is 1. The Bertz CT molecular complexity index is 697. The number of aromatic nitrogens is 1. The Labute approximate surface area is 132 Å². The van der Waals surface area contributed by atoms with Gasteiger partial charge in [0.25, 0.3) is 5.91 Å². The zero-order valence-corrected chi connectivity index (χ0v) is 12.6. The van der Waals surface area contributed by atoms with Crippen LogP contribution in [0.3, 0.4) is 0 Å². The quantitative estimate of drug-likeness (QED) is 0.889. The average molecular weight is 323 g/mol. The van der Waals surface area contributed by atoms with E-state index in [-0.39, 0.29) is 17.5 Å². The predicted molar refractivity (Wildman–Crippen MR) is 81.4 cm³/mol. The molecule has 0 aliphatic heterocycles. The molecule has 1 amide bonds. The minimum Gasteiger partial charge on any atom is -0.394 e. The lowest BCUT2D eigenvalue weighted by Crippen LogP contribution is -2.32. The molecule has 1 fully saturated rings. The second kappa shape index (κ2) is 6.10. The standard InChI is InChI=1S/C16H16ClFN2O2/c17-12-6-3-10(8-13(12)18)14(9-21)19-16(22)15-2-1-7-20(15)11-4-5-11/h1-3,6-8,11,14,21H,4-5,9H2,(H,19,22). The lowest BCUT2D eigenvalue weighted by Gasteiger charge is -2.18. The van der Waals surface area contributed by atoms with Crippen molar-refractivity contribution >= 4 is 17.5 Å². The molecule has 0 radical (unpaired) electrons. The van der Waals surface area contributed by atoms with Crippen molar-refractivity contribution in [3.05, 3.63) is 58.6 Å². The summed E-state index contributed by atoms with van der Waals surface area (Å²) in [6.07, 6.45) is 4.02. The topological polar surface area (TPSA) is 54.3 Å². The van der Waals surface area contributed by atoms with Gasteiger partial charge >= 0.3 is 0 Å².